The van der Waals surface area contributed by atoms with Gasteiger partial charge in [0.2, 0.25) is 5.82 Å². The number of benzene rings is 1. The van der Waals surface area contributed by atoms with Gasteiger partial charge in [0.05, 0.1) is 31.1 Å². The van der Waals surface area contributed by atoms with Gasteiger partial charge in [-0.2, -0.15) is 4.80 Å². The first kappa shape index (κ1) is 22.0. The van der Waals surface area contributed by atoms with E-state index in [1.807, 2.05) is 38.1 Å². The van der Waals surface area contributed by atoms with E-state index >= 15 is 0 Å². The predicted octanol–water partition coefficient (Wildman–Crippen LogP) is 2.35. The zero-order valence-corrected chi connectivity index (χ0v) is 19.8. The molecule has 0 radical (unpaired) electrons. The molecule has 0 bridgehead atoms. The van der Waals surface area contributed by atoms with Crippen LogP contribution in [0.1, 0.15) is 11.5 Å². The number of nitrogens with zero attached hydrogens (tertiary/aromatic N) is 8. The predicted molar refractivity (Wildman–Crippen MR) is 130 cm³/mol. The highest BCUT2D eigenvalue weighted by Crippen LogP contribution is 2.37. The number of H-pyrrole nitrogens is 1. The molecule has 5 rings (SSSR count). The Bertz CT molecular complexity index is 1600. The smallest absolute Gasteiger partial charge is 0.277 e. The van der Waals surface area contributed by atoms with Gasteiger partial charge < -0.3 is 15.4 Å². The second kappa shape index (κ2) is 8.52. The van der Waals surface area contributed by atoms with Crippen LogP contribution in [0.15, 0.2) is 35.1 Å². The van der Waals surface area contributed by atoms with Crippen LogP contribution < -0.4 is 20.9 Å². The standard InChI is InChI=1S/C22H23N11O2/c1-11-9-16(24-12(2)23-11)26-17-10-15(18-21(27-17)29-32(3)22(18)34)25-14-8-6-7-13(19(14)35-5)20-28-31-33(4)30-20/h6-10H,1-5H3,(H3,23,24,25,26,27,29). The second-order valence-electron chi connectivity index (χ2n) is 7.94. The minimum absolute atomic E-state index is 0.221. The van der Waals surface area contributed by atoms with Crippen molar-refractivity contribution in [3.05, 3.63) is 52.2 Å². The monoisotopic (exact) mass is 473 g/mol. The van der Waals surface area contributed by atoms with Crippen molar-refractivity contribution in [2.24, 2.45) is 14.1 Å². The number of anilines is 4. The van der Waals surface area contributed by atoms with Crippen molar-refractivity contribution in [2.75, 3.05) is 17.7 Å². The van der Waals surface area contributed by atoms with Crippen LogP contribution in [-0.4, -0.2) is 52.0 Å². The quantitative estimate of drug-likeness (QED) is 0.335. The Labute approximate surface area is 199 Å². The Kier molecular flexibility index (Phi) is 5.35. The van der Waals surface area contributed by atoms with Crippen molar-refractivity contribution in [1.82, 2.24) is 44.9 Å². The summed E-state index contributed by atoms with van der Waals surface area (Å²) in [4.78, 5) is 27.6. The lowest BCUT2D eigenvalue weighted by Gasteiger charge is -2.15. The molecule has 4 heterocycles. The number of hydrogen-bond acceptors (Lipinski definition) is 10. The maximum absolute atomic E-state index is 12.9. The fraction of sp³-hybridized carbons (Fsp3) is 0.227. The van der Waals surface area contributed by atoms with E-state index in [9.17, 15) is 4.79 Å². The van der Waals surface area contributed by atoms with E-state index < -0.39 is 0 Å². The lowest BCUT2D eigenvalue weighted by atomic mass is 10.1. The average molecular weight is 474 g/mol. The van der Waals surface area contributed by atoms with Gasteiger partial charge in [0.15, 0.2) is 11.4 Å². The fourth-order valence-electron chi connectivity index (χ4n) is 3.86. The molecule has 35 heavy (non-hydrogen) atoms. The Morgan fingerprint density at radius 2 is 1.80 bits per heavy atom. The van der Waals surface area contributed by atoms with E-state index in [0.29, 0.717) is 57.0 Å². The molecule has 0 aliphatic rings. The molecule has 4 aromatic heterocycles. The lowest BCUT2D eigenvalue weighted by molar-refractivity contribution is 0.418. The van der Waals surface area contributed by atoms with E-state index in [4.69, 9.17) is 4.74 Å². The molecule has 3 N–H and O–H groups in total. The van der Waals surface area contributed by atoms with Crippen molar-refractivity contribution in [1.29, 1.82) is 0 Å². The molecular weight excluding hydrogens is 450 g/mol. The van der Waals surface area contributed by atoms with Crippen LogP contribution in [0.4, 0.5) is 23.0 Å². The molecule has 0 aliphatic heterocycles. The summed E-state index contributed by atoms with van der Waals surface area (Å²) in [6, 6.07) is 9.09. The van der Waals surface area contributed by atoms with Crippen molar-refractivity contribution >= 4 is 34.0 Å². The van der Waals surface area contributed by atoms with Crippen LogP contribution in [-0.2, 0) is 14.1 Å². The van der Waals surface area contributed by atoms with Gasteiger partial charge in [0.1, 0.15) is 22.8 Å². The van der Waals surface area contributed by atoms with Crippen molar-refractivity contribution in [3.63, 3.8) is 0 Å². The number of nitrogens with one attached hydrogen (secondary N) is 3. The second-order valence-corrected chi connectivity index (χ2v) is 7.94. The first-order chi connectivity index (χ1) is 16.8. The highest BCUT2D eigenvalue weighted by Gasteiger charge is 2.19. The molecule has 0 fully saturated rings. The van der Waals surface area contributed by atoms with Crippen molar-refractivity contribution in [3.8, 4) is 17.1 Å². The number of pyridine rings is 1. The van der Waals surface area contributed by atoms with Crippen LogP contribution >= 0.6 is 0 Å². The summed E-state index contributed by atoms with van der Waals surface area (Å²) in [7, 11) is 4.89. The summed E-state index contributed by atoms with van der Waals surface area (Å²) in [5.41, 5.74) is 2.83. The first-order valence-electron chi connectivity index (χ1n) is 10.7. The summed E-state index contributed by atoms with van der Waals surface area (Å²) in [5.74, 6) is 2.65. The van der Waals surface area contributed by atoms with Gasteiger partial charge in [-0.3, -0.25) is 14.6 Å². The van der Waals surface area contributed by atoms with Crippen molar-refractivity contribution in [2.45, 2.75) is 13.8 Å². The fourth-order valence-corrected chi connectivity index (χ4v) is 3.86. The number of aromatic nitrogens is 9. The zero-order valence-electron chi connectivity index (χ0n) is 19.8. The molecule has 178 valence electrons. The van der Waals surface area contributed by atoms with Gasteiger partial charge in [-0.25, -0.2) is 15.0 Å². The number of ether oxygens (including phenoxy) is 1. The van der Waals surface area contributed by atoms with Gasteiger partial charge >= 0.3 is 0 Å². The van der Waals surface area contributed by atoms with Crippen LogP contribution in [0.25, 0.3) is 22.4 Å². The minimum atomic E-state index is -0.221. The number of aromatic amines is 1. The number of methoxy groups -OCH3 is 1. The van der Waals surface area contributed by atoms with E-state index in [0.717, 1.165) is 5.69 Å². The molecule has 13 heteroatoms. The number of tetrazole rings is 1. The molecule has 0 unspecified atom stereocenters. The largest absolute Gasteiger partial charge is 0.494 e. The number of para-hydroxylation sites is 1. The minimum Gasteiger partial charge on any atom is -0.494 e. The molecule has 0 saturated carbocycles. The topological polar surface area (TPSA) is 153 Å². The summed E-state index contributed by atoms with van der Waals surface area (Å²) in [6.45, 7) is 3.71. The zero-order chi connectivity index (χ0) is 24.7. The molecule has 0 aliphatic carbocycles. The summed E-state index contributed by atoms with van der Waals surface area (Å²) >= 11 is 0. The van der Waals surface area contributed by atoms with E-state index in [1.54, 1.807) is 27.3 Å². The Morgan fingerprint density at radius 1 is 1.00 bits per heavy atom. The van der Waals surface area contributed by atoms with Crippen molar-refractivity contribution < 1.29 is 4.74 Å². The lowest BCUT2D eigenvalue weighted by Crippen LogP contribution is -2.12. The third-order valence-electron chi connectivity index (χ3n) is 5.27. The van der Waals surface area contributed by atoms with Gasteiger partial charge in [-0.1, -0.05) is 6.07 Å². The SMILES string of the molecule is COc1c(Nc2cc(Nc3cc(C)nc(C)n3)nc3[nH]n(C)c(=O)c23)cccc1-c1nnn(C)n1. The number of hydrogen-bond donors (Lipinski definition) is 3. The first-order valence-corrected chi connectivity index (χ1v) is 10.7. The van der Waals surface area contributed by atoms with E-state index in [2.05, 4.69) is 46.1 Å². The molecule has 5 aromatic rings. The van der Waals surface area contributed by atoms with Gasteiger partial charge in [-0.05, 0) is 31.2 Å². The van der Waals surface area contributed by atoms with Crippen LogP contribution in [0.5, 0.6) is 5.75 Å². The van der Waals surface area contributed by atoms with Crippen LogP contribution in [0.3, 0.4) is 0 Å². The summed E-state index contributed by atoms with van der Waals surface area (Å²) < 4.78 is 7.07. The van der Waals surface area contributed by atoms with Gasteiger partial charge in [0, 0.05) is 24.9 Å². The molecule has 1 aromatic carbocycles. The maximum Gasteiger partial charge on any atom is 0.277 e. The number of aryl methyl sites for hydroxylation is 4. The van der Waals surface area contributed by atoms with E-state index in [-0.39, 0.29) is 5.56 Å². The summed E-state index contributed by atoms with van der Waals surface area (Å²) in [5, 5.41) is 22.2. The van der Waals surface area contributed by atoms with Crippen LogP contribution in [0.2, 0.25) is 0 Å². The molecular formula is C22H23N11O2. The molecule has 0 amide bonds. The number of fused-ring (bicyclic) bond motifs is 1. The Balaban J connectivity index is 1.61. The molecule has 0 saturated heterocycles. The third-order valence-corrected chi connectivity index (χ3v) is 5.27. The maximum atomic E-state index is 12.9. The van der Waals surface area contributed by atoms with Gasteiger partial charge in [0.25, 0.3) is 5.56 Å². The number of rotatable bonds is 6. The molecule has 13 nitrogen and oxygen atoms in total. The highest BCUT2D eigenvalue weighted by molar-refractivity contribution is 5.94. The molecule has 0 atom stereocenters. The normalized spacial score (nSPS) is 11.1. The van der Waals surface area contributed by atoms with Gasteiger partial charge in [-0.15, -0.1) is 10.2 Å². The molecule has 0 spiro atoms. The highest BCUT2D eigenvalue weighted by atomic mass is 16.5. The third kappa shape index (κ3) is 4.14. The average Bonchev–Trinajstić information content (AvgIpc) is 3.35. The Hall–Kier alpha value is -4.81. The van der Waals surface area contributed by atoms with E-state index in [1.165, 1.54) is 9.48 Å². The van der Waals surface area contributed by atoms with Crippen LogP contribution in [0, 0.1) is 13.8 Å². The Morgan fingerprint density at radius 3 is 2.51 bits per heavy atom. The summed E-state index contributed by atoms with van der Waals surface area (Å²) in [6.07, 6.45) is 0.